The number of aromatic nitrogens is 2. The topological polar surface area (TPSA) is 38.9 Å². The normalized spacial score (nSPS) is 11.5. The SMILES string of the molecule is Cc1cc(C)c(-c2cnc(-c3cccc4c3oc3nc(CCc5ccccc5)ccc34)cc2C)c(C)c1. The molecular weight excluding hydrogens is 452 g/mol. The number of rotatable bonds is 5. The van der Waals surface area contributed by atoms with Crippen LogP contribution >= 0.6 is 0 Å². The molecule has 0 atom stereocenters. The van der Waals surface area contributed by atoms with Crippen LogP contribution in [-0.2, 0) is 12.8 Å². The third-order valence-electron chi connectivity index (χ3n) is 7.27. The minimum atomic E-state index is 0.687. The predicted octanol–water partition coefficient (Wildman–Crippen LogP) is 8.73. The van der Waals surface area contributed by atoms with Crippen molar-refractivity contribution in [1.82, 2.24) is 9.97 Å². The monoisotopic (exact) mass is 482 g/mol. The maximum Gasteiger partial charge on any atom is 0.227 e. The Balaban J connectivity index is 1.38. The van der Waals surface area contributed by atoms with Crippen molar-refractivity contribution in [3.63, 3.8) is 0 Å². The molecule has 182 valence electrons. The van der Waals surface area contributed by atoms with Gasteiger partial charge in [0.1, 0.15) is 5.58 Å². The highest BCUT2D eigenvalue weighted by atomic mass is 16.3. The van der Waals surface area contributed by atoms with E-state index in [1.54, 1.807) is 0 Å². The molecule has 0 aliphatic heterocycles. The number of pyridine rings is 2. The zero-order valence-corrected chi connectivity index (χ0v) is 21.8. The van der Waals surface area contributed by atoms with Gasteiger partial charge >= 0.3 is 0 Å². The molecule has 0 saturated heterocycles. The number of fused-ring (bicyclic) bond motifs is 3. The Morgan fingerprint density at radius 3 is 2.22 bits per heavy atom. The number of hydrogen-bond acceptors (Lipinski definition) is 3. The molecular formula is C34H30N2O. The van der Waals surface area contributed by atoms with Crippen molar-refractivity contribution in [2.75, 3.05) is 0 Å². The van der Waals surface area contributed by atoms with Crippen LogP contribution in [0.5, 0.6) is 0 Å². The van der Waals surface area contributed by atoms with Gasteiger partial charge in [-0.15, -0.1) is 0 Å². The van der Waals surface area contributed by atoms with Crippen molar-refractivity contribution in [1.29, 1.82) is 0 Å². The van der Waals surface area contributed by atoms with Crippen molar-refractivity contribution < 1.29 is 4.42 Å². The van der Waals surface area contributed by atoms with E-state index in [1.807, 2.05) is 12.3 Å². The Hall–Kier alpha value is -4.24. The maximum absolute atomic E-state index is 6.39. The fourth-order valence-corrected chi connectivity index (χ4v) is 5.55. The largest absolute Gasteiger partial charge is 0.437 e. The summed E-state index contributed by atoms with van der Waals surface area (Å²) in [4.78, 5) is 9.78. The summed E-state index contributed by atoms with van der Waals surface area (Å²) in [6.45, 7) is 8.67. The smallest absolute Gasteiger partial charge is 0.227 e. The third-order valence-corrected chi connectivity index (χ3v) is 7.27. The third kappa shape index (κ3) is 4.31. The first-order valence-corrected chi connectivity index (χ1v) is 12.9. The maximum atomic E-state index is 6.39. The summed E-state index contributed by atoms with van der Waals surface area (Å²) in [5.74, 6) is 0. The van der Waals surface area contributed by atoms with Crippen molar-refractivity contribution in [3.05, 3.63) is 119 Å². The van der Waals surface area contributed by atoms with Gasteiger partial charge in [0.15, 0.2) is 0 Å². The Morgan fingerprint density at radius 1 is 0.676 bits per heavy atom. The molecule has 6 rings (SSSR count). The first kappa shape index (κ1) is 23.2. The van der Waals surface area contributed by atoms with Crippen molar-refractivity contribution in [3.8, 4) is 22.4 Å². The highest BCUT2D eigenvalue weighted by Crippen LogP contribution is 2.37. The van der Waals surface area contributed by atoms with Crippen LogP contribution in [0, 0.1) is 27.7 Å². The molecule has 37 heavy (non-hydrogen) atoms. The second-order valence-electron chi connectivity index (χ2n) is 10.1. The molecule has 0 N–H and O–H groups in total. The van der Waals surface area contributed by atoms with E-state index in [1.165, 1.54) is 38.9 Å². The fraction of sp³-hybridized carbons (Fsp3) is 0.176. The summed E-state index contributed by atoms with van der Waals surface area (Å²) in [5.41, 5.74) is 13.3. The number of para-hydroxylation sites is 1. The van der Waals surface area contributed by atoms with Gasteiger partial charge in [0.2, 0.25) is 5.71 Å². The van der Waals surface area contributed by atoms with Gasteiger partial charge in [-0.05, 0) is 92.6 Å². The number of aryl methyl sites for hydroxylation is 6. The second kappa shape index (κ2) is 9.33. The highest BCUT2D eigenvalue weighted by Gasteiger charge is 2.16. The van der Waals surface area contributed by atoms with Crippen LogP contribution in [0.3, 0.4) is 0 Å². The molecule has 0 aliphatic carbocycles. The number of nitrogens with zero attached hydrogens (tertiary/aromatic N) is 2. The minimum absolute atomic E-state index is 0.687. The first-order valence-electron chi connectivity index (χ1n) is 12.9. The number of hydrogen-bond donors (Lipinski definition) is 0. The van der Waals surface area contributed by atoms with Gasteiger partial charge in [-0.1, -0.05) is 60.2 Å². The van der Waals surface area contributed by atoms with Crippen molar-refractivity contribution in [2.45, 2.75) is 40.5 Å². The van der Waals surface area contributed by atoms with Crippen LogP contribution in [0.25, 0.3) is 44.5 Å². The summed E-state index contributed by atoms with van der Waals surface area (Å²) in [7, 11) is 0. The minimum Gasteiger partial charge on any atom is -0.437 e. The van der Waals surface area contributed by atoms with Gasteiger partial charge in [0, 0.05) is 33.8 Å². The lowest BCUT2D eigenvalue weighted by molar-refractivity contribution is 0.651. The predicted molar refractivity (Wildman–Crippen MR) is 153 cm³/mol. The van der Waals surface area contributed by atoms with Gasteiger partial charge in [-0.2, -0.15) is 0 Å². The lowest BCUT2D eigenvalue weighted by atomic mass is 9.92. The van der Waals surface area contributed by atoms with Gasteiger partial charge in [0.25, 0.3) is 0 Å². The van der Waals surface area contributed by atoms with Crippen LogP contribution < -0.4 is 0 Å². The molecule has 0 fully saturated rings. The molecule has 0 bridgehead atoms. The van der Waals surface area contributed by atoms with E-state index in [0.29, 0.717) is 5.71 Å². The summed E-state index contributed by atoms with van der Waals surface area (Å²) < 4.78 is 6.39. The molecule has 0 aliphatic rings. The molecule has 3 aromatic carbocycles. The van der Waals surface area contributed by atoms with Crippen LogP contribution in [0.2, 0.25) is 0 Å². The average Bonchev–Trinajstić information content (AvgIpc) is 3.26. The average molecular weight is 483 g/mol. The molecule has 3 nitrogen and oxygen atoms in total. The van der Waals surface area contributed by atoms with E-state index in [2.05, 4.69) is 100 Å². The van der Waals surface area contributed by atoms with Crippen LogP contribution in [-0.4, -0.2) is 9.97 Å². The van der Waals surface area contributed by atoms with E-state index in [-0.39, 0.29) is 0 Å². The van der Waals surface area contributed by atoms with E-state index < -0.39 is 0 Å². The Kier molecular flexibility index (Phi) is 5.84. The zero-order valence-electron chi connectivity index (χ0n) is 21.8. The standard InChI is InChI=1S/C34H30N2O/c1-21-17-23(3)32(24(4)18-21)30-20-35-31(19-22(30)2)29-12-8-11-27-28-16-15-26(36-34(28)37-33(27)29)14-13-25-9-6-5-7-10-25/h5-12,15-20H,13-14H2,1-4H3. The zero-order chi connectivity index (χ0) is 25.5. The van der Waals surface area contributed by atoms with E-state index in [9.17, 15) is 0 Å². The van der Waals surface area contributed by atoms with Crippen LogP contribution in [0.1, 0.15) is 33.5 Å². The Morgan fingerprint density at radius 2 is 1.46 bits per heavy atom. The first-order chi connectivity index (χ1) is 18.0. The van der Waals surface area contributed by atoms with Crippen LogP contribution in [0.15, 0.2) is 89.5 Å². The Bertz CT molecular complexity index is 1740. The summed E-state index contributed by atoms with van der Waals surface area (Å²) in [6, 6.07) is 27.7. The van der Waals surface area contributed by atoms with Gasteiger partial charge in [0.05, 0.1) is 5.69 Å². The van der Waals surface area contributed by atoms with Gasteiger partial charge in [-0.3, -0.25) is 4.98 Å². The van der Waals surface area contributed by atoms with Crippen molar-refractivity contribution in [2.24, 2.45) is 0 Å². The van der Waals surface area contributed by atoms with E-state index >= 15 is 0 Å². The fourth-order valence-electron chi connectivity index (χ4n) is 5.55. The molecule has 0 amide bonds. The summed E-state index contributed by atoms with van der Waals surface area (Å²) in [5, 5.41) is 2.11. The van der Waals surface area contributed by atoms with Crippen molar-refractivity contribution >= 4 is 22.1 Å². The highest BCUT2D eigenvalue weighted by molar-refractivity contribution is 6.08. The molecule has 0 saturated carbocycles. The summed E-state index contributed by atoms with van der Waals surface area (Å²) >= 11 is 0. The number of benzene rings is 3. The summed E-state index contributed by atoms with van der Waals surface area (Å²) in [6.07, 6.45) is 3.85. The lowest BCUT2D eigenvalue weighted by Gasteiger charge is -2.14. The van der Waals surface area contributed by atoms with E-state index in [4.69, 9.17) is 14.4 Å². The van der Waals surface area contributed by atoms with Gasteiger partial charge in [-0.25, -0.2) is 4.98 Å². The molecule has 6 aromatic rings. The quantitative estimate of drug-likeness (QED) is 0.247. The molecule has 0 spiro atoms. The molecule has 0 radical (unpaired) electrons. The number of furan rings is 1. The Labute approximate surface area is 217 Å². The second-order valence-corrected chi connectivity index (χ2v) is 10.1. The van der Waals surface area contributed by atoms with E-state index in [0.717, 1.165) is 46.1 Å². The molecule has 3 heteroatoms. The molecule has 0 unspecified atom stereocenters. The van der Waals surface area contributed by atoms with Crippen LogP contribution in [0.4, 0.5) is 0 Å². The molecule has 3 heterocycles. The lowest BCUT2D eigenvalue weighted by Crippen LogP contribution is -1.95. The van der Waals surface area contributed by atoms with Gasteiger partial charge < -0.3 is 4.42 Å². The molecule has 3 aromatic heterocycles.